The number of nitrogens with one attached hydrogen (secondary N) is 2. The van der Waals surface area contributed by atoms with Gasteiger partial charge in [-0.2, -0.15) is 5.10 Å². The summed E-state index contributed by atoms with van der Waals surface area (Å²) in [5.74, 6) is 0.0717. The van der Waals surface area contributed by atoms with Crippen molar-refractivity contribution in [1.29, 1.82) is 0 Å². The number of amides is 2. The summed E-state index contributed by atoms with van der Waals surface area (Å²) < 4.78 is 1.82. The monoisotopic (exact) mass is 333 g/mol. The molecule has 2 amide bonds. The molecule has 24 heavy (non-hydrogen) atoms. The molecule has 0 bridgehead atoms. The van der Waals surface area contributed by atoms with Crippen molar-refractivity contribution in [3.8, 4) is 0 Å². The van der Waals surface area contributed by atoms with Gasteiger partial charge in [-0.15, -0.1) is 0 Å². The topological polar surface area (TPSA) is 79.3 Å². The number of nitrogens with zero attached hydrogens (tertiary/aromatic N) is 3. The number of hydrogen-bond donors (Lipinski definition) is 2. The third-order valence-electron chi connectivity index (χ3n) is 5.09. The van der Waals surface area contributed by atoms with Gasteiger partial charge in [0.2, 0.25) is 11.8 Å². The molecular weight excluding hydrogens is 306 g/mol. The Morgan fingerprint density at radius 1 is 1.29 bits per heavy atom. The standard InChI is InChI=1S/C17H27N5O2/c1-21-15(5-7-20-21)4-6-19-16(23)13-10-14(12-18-11-13)17(24)22-8-2-3-9-22/h5,7,13-14,18H,2-4,6,8-12H2,1H3,(H,19,23)/t13-,14-/m1/s1. The van der Waals surface area contributed by atoms with E-state index in [0.717, 1.165) is 38.0 Å². The summed E-state index contributed by atoms with van der Waals surface area (Å²) in [7, 11) is 1.90. The van der Waals surface area contributed by atoms with Crippen molar-refractivity contribution in [3.63, 3.8) is 0 Å². The number of aryl methyl sites for hydroxylation is 1. The minimum absolute atomic E-state index is 0.0450. The zero-order chi connectivity index (χ0) is 16.9. The Kier molecular flexibility index (Phi) is 5.50. The van der Waals surface area contributed by atoms with E-state index >= 15 is 0 Å². The molecule has 7 nitrogen and oxygen atoms in total. The minimum atomic E-state index is -0.123. The lowest BCUT2D eigenvalue weighted by Gasteiger charge is -2.31. The largest absolute Gasteiger partial charge is 0.355 e. The predicted molar refractivity (Wildman–Crippen MR) is 90.2 cm³/mol. The van der Waals surface area contributed by atoms with Crippen LogP contribution in [0.3, 0.4) is 0 Å². The number of carbonyl (C=O) groups excluding carboxylic acids is 2. The first-order chi connectivity index (χ1) is 11.6. The molecule has 1 aromatic rings. The second kappa shape index (κ2) is 7.79. The summed E-state index contributed by atoms with van der Waals surface area (Å²) in [6, 6.07) is 1.96. The average molecular weight is 333 g/mol. The molecule has 2 fully saturated rings. The van der Waals surface area contributed by atoms with Gasteiger partial charge in [-0.1, -0.05) is 0 Å². The fourth-order valence-electron chi connectivity index (χ4n) is 3.63. The summed E-state index contributed by atoms with van der Waals surface area (Å²) >= 11 is 0. The van der Waals surface area contributed by atoms with Crippen LogP contribution in [0.15, 0.2) is 12.3 Å². The van der Waals surface area contributed by atoms with E-state index in [-0.39, 0.29) is 23.7 Å². The van der Waals surface area contributed by atoms with Crippen LogP contribution in [0.4, 0.5) is 0 Å². The second-order valence-electron chi connectivity index (χ2n) is 6.81. The Balaban J connectivity index is 1.46. The second-order valence-corrected chi connectivity index (χ2v) is 6.81. The van der Waals surface area contributed by atoms with Crippen molar-refractivity contribution >= 4 is 11.8 Å². The summed E-state index contributed by atoms with van der Waals surface area (Å²) in [6.45, 7) is 3.68. The lowest BCUT2D eigenvalue weighted by atomic mass is 9.89. The van der Waals surface area contributed by atoms with Gasteiger partial charge in [-0.05, 0) is 25.3 Å². The third kappa shape index (κ3) is 3.95. The van der Waals surface area contributed by atoms with Crippen molar-refractivity contribution < 1.29 is 9.59 Å². The molecule has 3 rings (SSSR count). The molecule has 2 N–H and O–H groups in total. The highest BCUT2D eigenvalue weighted by atomic mass is 16.2. The minimum Gasteiger partial charge on any atom is -0.355 e. The molecule has 7 heteroatoms. The highest BCUT2D eigenvalue weighted by Crippen LogP contribution is 2.21. The summed E-state index contributed by atoms with van der Waals surface area (Å²) in [5.41, 5.74) is 1.10. The summed E-state index contributed by atoms with van der Waals surface area (Å²) in [6.07, 6.45) is 5.38. The van der Waals surface area contributed by atoms with Crippen molar-refractivity contribution in [2.75, 3.05) is 32.7 Å². The predicted octanol–water partition coefficient (Wildman–Crippen LogP) is -0.0731. The molecule has 0 spiro atoms. The highest BCUT2D eigenvalue weighted by molar-refractivity contribution is 5.83. The van der Waals surface area contributed by atoms with Crippen LogP contribution < -0.4 is 10.6 Å². The first kappa shape index (κ1) is 17.0. The Hall–Kier alpha value is -1.89. The van der Waals surface area contributed by atoms with E-state index in [1.807, 2.05) is 22.7 Å². The van der Waals surface area contributed by atoms with Crippen LogP contribution in [0, 0.1) is 11.8 Å². The van der Waals surface area contributed by atoms with Crippen LogP contribution in [-0.4, -0.2) is 59.2 Å². The fourth-order valence-corrected chi connectivity index (χ4v) is 3.63. The van der Waals surface area contributed by atoms with Gasteiger partial charge in [0.1, 0.15) is 0 Å². The Labute approximate surface area is 142 Å². The van der Waals surface area contributed by atoms with Gasteiger partial charge in [-0.3, -0.25) is 14.3 Å². The molecule has 2 aliphatic rings. The van der Waals surface area contributed by atoms with Crippen molar-refractivity contribution in [2.24, 2.45) is 18.9 Å². The van der Waals surface area contributed by atoms with Crippen LogP contribution in [0.25, 0.3) is 0 Å². The molecule has 0 unspecified atom stereocenters. The van der Waals surface area contributed by atoms with Crippen LogP contribution in [0.1, 0.15) is 25.0 Å². The molecule has 3 heterocycles. The van der Waals surface area contributed by atoms with Crippen LogP contribution in [0.2, 0.25) is 0 Å². The van der Waals surface area contributed by atoms with Gasteiger partial charge in [0.05, 0.1) is 11.8 Å². The molecule has 0 saturated carbocycles. The van der Waals surface area contributed by atoms with Gasteiger partial charge >= 0.3 is 0 Å². The molecule has 2 saturated heterocycles. The molecular formula is C17H27N5O2. The fraction of sp³-hybridized carbons (Fsp3) is 0.706. The number of likely N-dealkylation sites (tertiary alicyclic amines) is 1. The molecule has 2 aliphatic heterocycles. The van der Waals surface area contributed by atoms with Crippen LogP contribution in [0.5, 0.6) is 0 Å². The smallest absolute Gasteiger partial charge is 0.226 e. The van der Waals surface area contributed by atoms with Crippen molar-refractivity contribution in [3.05, 3.63) is 18.0 Å². The number of rotatable bonds is 5. The number of piperidine rings is 1. The number of hydrogen-bond acceptors (Lipinski definition) is 4. The maximum atomic E-state index is 12.5. The normalized spacial score (nSPS) is 24.1. The Bertz CT molecular complexity index is 579. The van der Waals surface area contributed by atoms with E-state index in [9.17, 15) is 9.59 Å². The molecule has 0 radical (unpaired) electrons. The quantitative estimate of drug-likeness (QED) is 0.790. The van der Waals surface area contributed by atoms with Gasteiger partial charge in [0, 0.05) is 58.1 Å². The SMILES string of the molecule is Cn1nccc1CCNC(=O)[C@H]1CNC[C@H](C(=O)N2CCCC2)C1. The maximum absolute atomic E-state index is 12.5. The molecule has 2 atom stereocenters. The van der Waals surface area contributed by atoms with E-state index in [4.69, 9.17) is 0 Å². The van der Waals surface area contributed by atoms with Crippen LogP contribution >= 0.6 is 0 Å². The first-order valence-corrected chi connectivity index (χ1v) is 8.89. The molecule has 0 aliphatic carbocycles. The zero-order valence-corrected chi connectivity index (χ0v) is 14.3. The zero-order valence-electron chi connectivity index (χ0n) is 14.3. The van der Waals surface area contributed by atoms with E-state index in [1.54, 1.807) is 6.20 Å². The first-order valence-electron chi connectivity index (χ1n) is 8.89. The third-order valence-corrected chi connectivity index (χ3v) is 5.09. The Morgan fingerprint density at radius 2 is 2.04 bits per heavy atom. The highest BCUT2D eigenvalue weighted by Gasteiger charge is 2.33. The lowest BCUT2D eigenvalue weighted by Crippen LogP contribution is -2.49. The van der Waals surface area contributed by atoms with Gasteiger partial charge in [0.25, 0.3) is 0 Å². The molecule has 132 valence electrons. The lowest BCUT2D eigenvalue weighted by molar-refractivity contribution is -0.136. The van der Waals surface area contributed by atoms with Crippen molar-refractivity contribution in [1.82, 2.24) is 25.3 Å². The summed E-state index contributed by atoms with van der Waals surface area (Å²) in [5, 5.41) is 10.4. The van der Waals surface area contributed by atoms with E-state index < -0.39 is 0 Å². The Morgan fingerprint density at radius 3 is 2.75 bits per heavy atom. The van der Waals surface area contributed by atoms with Gasteiger partial charge in [0.15, 0.2) is 0 Å². The molecule has 1 aromatic heterocycles. The van der Waals surface area contributed by atoms with Gasteiger partial charge < -0.3 is 15.5 Å². The van der Waals surface area contributed by atoms with Crippen molar-refractivity contribution in [2.45, 2.75) is 25.7 Å². The number of aromatic nitrogens is 2. The van der Waals surface area contributed by atoms with Gasteiger partial charge in [-0.25, -0.2) is 0 Å². The van der Waals surface area contributed by atoms with E-state index in [1.165, 1.54) is 0 Å². The molecule has 0 aromatic carbocycles. The number of carbonyl (C=O) groups is 2. The summed E-state index contributed by atoms with van der Waals surface area (Å²) in [4.78, 5) is 26.9. The van der Waals surface area contributed by atoms with E-state index in [0.29, 0.717) is 26.1 Å². The van der Waals surface area contributed by atoms with E-state index in [2.05, 4.69) is 15.7 Å². The average Bonchev–Trinajstić information content (AvgIpc) is 3.26. The maximum Gasteiger partial charge on any atom is 0.226 e. The van der Waals surface area contributed by atoms with Crippen LogP contribution in [-0.2, 0) is 23.1 Å².